The zero-order valence-electron chi connectivity index (χ0n) is 3.85. The largest absolute Gasteiger partial charge is 0.286 e. The minimum atomic E-state index is 0.106. The lowest BCUT2D eigenvalue weighted by Gasteiger charge is -2.02. The van der Waals surface area contributed by atoms with Crippen LogP contribution in [0.1, 0.15) is 6.42 Å². The van der Waals surface area contributed by atoms with Gasteiger partial charge in [-0.15, -0.1) is 0 Å². The van der Waals surface area contributed by atoms with Gasteiger partial charge >= 0.3 is 0 Å². The van der Waals surface area contributed by atoms with E-state index in [4.69, 9.17) is 0 Å². The van der Waals surface area contributed by atoms with Crippen molar-refractivity contribution in [1.82, 2.24) is 10.2 Å². The first kappa shape index (κ1) is 5.01. The Bertz CT molecular complexity index is 94.9. The molecule has 0 aromatic rings. The first-order chi connectivity index (χ1) is 3.29. The smallest absolute Gasteiger partial charge is 0.235 e. The van der Waals surface area contributed by atoms with Crippen LogP contribution in [0.3, 0.4) is 0 Å². The van der Waals surface area contributed by atoms with Crippen LogP contribution in [0.2, 0.25) is 0 Å². The second-order valence-corrected chi connectivity index (χ2v) is 2.10. The van der Waals surface area contributed by atoms with Gasteiger partial charge in [-0.25, -0.2) is 4.78 Å². The summed E-state index contributed by atoms with van der Waals surface area (Å²) in [6, 6.07) is 0. The van der Waals surface area contributed by atoms with E-state index in [1.165, 1.54) is 0 Å². The van der Waals surface area contributed by atoms with Crippen LogP contribution in [0.5, 0.6) is 0 Å². The molecule has 1 aliphatic heterocycles. The van der Waals surface area contributed by atoms with E-state index < -0.39 is 0 Å². The fourth-order valence-corrected chi connectivity index (χ4v) is 0.767. The van der Waals surface area contributed by atoms with Crippen LogP contribution in [0.25, 0.3) is 0 Å². The van der Waals surface area contributed by atoms with Gasteiger partial charge < -0.3 is 0 Å². The molecule has 1 amide bonds. The number of nitrogens with one attached hydrogen (secondary N) is 1. The molecule has 1 saturated heterocycles. The molecule has 0 aliphatic carbocycles. The molecular weight excluding hydrogens is 111 g/mol. The summed E-state index contributed by atoms with van der Waals surface area (Å²) in [5, 5.41) is 0. The lowest BCUT2D eigenvalue weighted by Crippen LogP contribution is -2.23. The van der Waals surface area contributed by atoms with Gasteiger partial charge in [-0.05, 0) is 9.39 Å². The third-order valence-corrected chi connectivity index (χ3v) is 1.24. The number of hydrogen-bond acceptors (Lipinski definition) is 2. The Hall–Kier alpha value is -0.140. The quantitative estimate of drug-likeness (QED) is 0.435. The highest BCUT2D eigenvalue weighted by Crippen LogP contribution is 2.01. The summed E-state index contributed by atoms with van der Waals surface area (Å²) < 4.78 is 1.70. The molecule has 0 radical (unpaired) electrons. The van der Waals surface area contributed by atoms with Crippen LogP contribution in [0.15, 0.2) is 0 Å². The summed E-state index contributed by atoms with van der Waals surface area (Å²) in [4.78, 5) is 10.3. The molecule has 1 atom stereocenters. The first-order valence-corrected chi connectivity index (χ1v) is 2.62. The number of carbonyl (C=O) groups excluding carboxylic acids is 1. The molecular formula is C3H7N2OP. The monoisotopic (exact) mass is 118 g/mol. The van der Waals surface area contributed by atoms with Crippen LogP contribution in [0, 0.1) is 0 Å². The topological polar surface area (TPSA) is 32.3 Å². The molecule has 1 heterocycles. The van der Waals surface area contributed by atoms with Gasteiger partial charge in [0.15, 0.2) is 0 Å². The molecule has 1 aliphatic rings. The van der Waals surface area contributed by atoms with Crippen molar-refractivity contribution in [3.63, 3.8) is 0 Å². The van der Waals surface area contributed by atoms with Crippen molar-refractivity contribution in [1.29, 1.82) is 0 Å². The van der Waals surface area contributed by atoms with E-state index in [1.54, 1.807) is 4.78 Å². The van der Waals surface area contributed by atoms with Crippen molar-refractivity contribution < 1.29 is 4.79 Å². The van der Waals surface area contributed by atoms with Crippen molar-refractivity contribution in [2.75, 3.05) is 6.54 Å². The normalized spacial score (nSPS) is 22.7. The Kier molecular flexibility index (Phi) is 1.26. The number of rotatable bonds is 0. The molecule has 3 nitrogen and oxygen atoms in total. The van der Waals surface area contributed by atoms with Gasteiger partial charge in [0.05, 0.1) is 0 Å². The molecule has 1 unspecified atom stereocenters. The molecule has 0 aromatic heterocycles. The molecule has 0 bridgehead atoms. The van der Waals surface area contributed by atoms with Crippen molar-refractivity contribution in [2.45, 2.75) is 6.42 Å². The highest BCUT2D eigenvalue weighted by atomic mass is 31.0. The van der Waals surface area contributed by atoms with Crippen molar-refractivity contribution in [3.8, 4) is 0 Å². The molecule has 0 saturated carbocycles. The molecule has 0 aromatic carbocycles. The number of carbonyl (C=O) groups is 1. The van der Waals surface area contributed by atoms with Crippen LogP contribution in [0.4, 0.5) is 0 Å². The third-order valence-electron chi connectivity index (χ3n) is 0.848. The Morgan fingerprint density at radius 2 is 2.57 bits per heavy atom. The minimum absolute atomic E-state index is 0.106. The number of hydrogen-bond donors (Lipinski definition) is 1. The molecule has 40 valence electrons. The van der Waals surface area contributed by atoms with Gasteiger partial charge in [-0.2, -0.15) is 0 Å². The fraction of sp³-hybridized carbons (Fsp3) is 0.667. The lowest BCUT2D eigenvalue weighted by molar-refractivity contribution is -0.120. The molecule has 7 heavy (non-hydrogen) atoms. The lowest BCUT2D eigenvalue weighted by atomic mass is 10.5. The molecule has 1 rings (SSSR count). The summed E-state index contributed by atoms with van der Waals surface area (Å²) in [5.74, 6) is 0.106. The maximum Gasteiger partial charge on any atom is 0.235 e. The molecule has 0 spiro atoms. The van der Waals surface area contributed by atoms with Crippen molar-refractivity contribution in [2.24, 2.45) is 0 Å². The van der Waals surface area contributed by atoms with E-state index in [0.29, 0.717) is 6.42 Å². The Morgan fingerprint density at radius 1 is 1.86 bits per heavy atom. The molecule has 1 fully saturated rings. The van der Waals surface area contributed by atoms with Crippen LogP contribution >= 0.6 is 9.39 Å². The Balaban J connectivity index is 2.40. The average molecular weight is 118 g/mol. The molecule has 1 N–H and O–H groups in total. The average Bonchev–Trinajstić information content (AvgIpc) is 1.87. The number of amides is 1. The first-order valence-electron chi connectivity index (χ1n) is 2.11. The van der Waals surface area contributed by atoms with E-state index >= 15 is 0 Å². The maximum atomic E-state index is 10.3. The molecule has 4 heteroatoms. The highest BCUT2D eigenvalue weighted by molar-refractivity contribution is 7.13. The SMILES string of the molecule is O=C1CCN(P)N1. The number of nitrogens with zero attached hydrogens (tertiary/aromatic N) is 1. The predicted molar refractivity (Wildman–Crippen MR) is 29.2 cm³/mol. The van der Waals surface area contributed by atoms with E-state index in [-0.39, 0.29) is 5.91 Å². The zero-order chi connectivity index (χ0) is 5.28. The van der Waals surface area contributed by atoms with Gasteiger partial charge in [0, 0.05) is 13.0 Å². The van der Waals surface area contributed by atoms with Crippen LogP contribution in [-0.4, -0.2) is 17.2 Å². The van der Waals surface area contributed by atoms with Gasteiger partial charge in [-0.1, -0.05) is 0 Å². The van der Waals surface area contributed by atoms with Gasteiger partial charge in [0.1, 0.15) is 0 Å². The summed E-state index contributed by atoms with van der Waals surface area (Å²) in [6.45, 7) is 0.809. The fourth-order valence-electron chi connectivity index (χ4n) is 0.494. The number of hydrazine groups is 1. The summed E-state index contributed by atoms with van der Waals surface area (Å²) in [5.41, 5.74) is 2.57. The van der Waals surface area contributed by atoms with Crippen molar-refractivity contribution >= 4 is 15.3 Å². The summed E-state index contributed by atoms with van der Waals surface area (Å²) >= 11 is 0. The highest BCUT2D eigenvalue weighted by Gasteiger charge is 2.12. The van der Waals surface area contributed by atoms with E-state index in [0.717, 1.165) is 6.54 Å². The van der Waals surface area contributed by atoms with Crippen LogP contribution < -0.4 is 5.43 Å². The summed E-state index contributed by atoms with van der Waals surface area (Å²) in [6.07, 6.45) is 0.628. The summed E-state index contributed by atoms with van der Waals surface area (Å²) in [7, 11) is 2.40. The van der Waals surface area contributed by atoms with E-state index in [1.807, 2.05) is 0 Å². The van der Waals surface area contributed by atoms with Crippen LogP contribution in [-0.2, 0) is 4.79 Å². The maximum absolute atomic E-state index is 10.3. The predicted octanol–water partition coefficient (Wildman–Crippen LogP) is -0.487. The Labute approximate surface area is 44.3 Å². The minimum Gasteiger partial charge on any atom is -0.286 e. The van der Waals surface area contributed by atoms with Crippen molar-refractivity contribution in [3.05, 3.63) is 0 Å². The van der Waals surface area contributed by atoms with Gasteiger partial charge in [0.2, 0.25) is 5.91 Å². The van der Waals surface area contributed by atoms with Gasteiger partial charge in [-0.3, -0.25) is 10.2 Å². The zero-order valence-corrected chi connectivity index (χ0v) is 5.00. The van der Waals surface area contributed by atoms with E-state index in [2.05, 4.69) is 14.8 Å². The Morgan fingerprint density at radius 3 is 2.71 bits per heavy atom. The third kappa shape index (κ3) is 1.11. The second-order valence-electron chi connectivity index (χ2n) is 1.48. The standard InChI is InChI=1S/C3H7N2OP/c6-3-1-2-5(7)4-3/h1-2,7H2,(H,4,6). The van der Waals surface area contributed by atoms with Gasteiger partial charge in [0.25, 0.3) is 0 Å². The van der Waals surface area contributed by atoms with E-state index in [9.17, 15) is 4.79 Å². The second kappa shape index (κ2) is 1.76.